The lowest BCUT2D eigenvalue weighted by Gasteiger charge is -2.33. The van der Waals surface area contributed by atoms with Crippen molar-refractivity contribution in [3.8, 4) is 0 Å². The fourth-order valence-electron chi connectivity index (χ4n) is 2.62. The molecule has 23 heavy (non-hydrogen) atoms. The summed E-state index contributed by atoms with van der Waals surface area (Å²) in [6.45, 7) is 9.08. The smallest absolute Gasteiger partial charge is 0.342 e. The fourth-order valence-corrected chi connectivity index (χ4v) is 2.62. The lowest BCUT2D eigenvalue weighted by Crippen LogP contribution is -2.47. The van der Waals surface area contributed by atoms with E-state index in [0.717, 1.165) is 32.7 Å². The predicted molar refractivity (Wildman–Crippen MR) is 83.1 cm³/mol. The Morgan fingerprint density at radius 2 is 2.00 bits per heavy atom. The van der Waals surface area contributed by atoms with Crippen molar-refractivity contribution in [2.75, 3.05) is 45.9 Å². The van der Waals surface area contributed by atoms with Gasteiger partial charge in [0.25, 0.3) is 0 Å². The van der Waals surface area contributed by atoms with Crippen LogP contribution < -0.4 is 0 Å². The topological polar surface area (TPSA) is 93.7 Å². The number of aromatic nitrogens is 2. The van der Waals surface area contributed by atoms with Crippen LogP contribution in [0, 0.1) is 17.0 Å². The summed E-state index contributed by atoms with van der Waals surface area (Å²) >= 11 is 0. The Morgan fingerprint density at radius 1 is 1.35 bits per heavy atom. The van der Waals surface area contributed by atoms with Crippen molar-refractivity contribution in [3.05, 3.63) is 22.1 Å². The molecule has 0 saturated carbocycles. The molecule has 1 aromatic heterocycles. The van der Waals surface area contributed by atoms with Crippen molar-refractivity contribution >= 4 is 11.8 Å². The monoisotopic (exact) mass is 325 g/mol. The third kappa shape index (κ3) is 4.73. The fraction of sp³-hybridized carbons (Fsp3) is 0.714. The SMILES string of the molecule is CCN1CCN(CC(=O)OCCn2c([N+](=O)[O-])cnc2C)CC1. The number of nitro groups is 1. The largest absolute Gasteiger partial charge is 0.461 e. The minimum atomic E-state index is -0.491. The van der Waals surface area contributed by atoms with Crippen molar-refractivity contribution in [3.63, 3.8) is 0 Å². The highest BCUT2D eigenvalue weighted by Crippen LogP contribution is 2.13. The van der Waals surface area contributed by atoms with Crippen LogP contribution in [0.1, 0.15) is 12.7 Å². The van der Waals surface area contributed by atoms with Crippen molar-refractivity contribution in [1.82, 2.24) is 19.4 Å². The van der Waals surface area contributed by atoms with Gasteiger partial charge in [0.05, 0.1) is 6.54 Å². The van der Waals surface area contributed by atoms with Crippen LogP contribution in [0.3, 0.4) is 0 Å². The van der Waals surface area contributed by atoms with Gasteiger partial charge < -0.3 is 19.8 Å². The van der Waals surface area contributed by atoms with E-state index in [0.29, 0.717) is 5.82 Å². The molecule has 0 aromatic carbocycles. The van der Waals surface area contributed by atoms with Gasteiger partial charge in [0.15, 0.2) is 5.82 Å². The van der Waals surface area contributed by atoms with Gasteiger partial charge in [-0.15, -0.1) is 0 Å². The number of hydrogen-bond acceptors (Lipinski definition) is 7. The lowest BCUT2D eigenvalue weighted by atomic mass is 10.3. The second-order valence-corrected chi connectivity index (χ2v) is 5.50. The summed E-state index contributed by atoms with van der Waals surface area (Å²) in [6, 6.07) is 0. The number of aryl methyl sites for hydroxylation is 1. The Balaban J connectivity index is 1.73. The van der Waals surface area contributed by atoms with Crippen LogP contribution in [-0.2, 0) is 16.1 Å². The maximum absolute atomic E-state index is 11.9. The van der Waals surface area contributed by atoms with Crippen LogP contribution in [0.2, 0.25) is 0 Å². The van der Waals surface area contributed by atoms with E-state index in [4.69, 9.17) is 4.74 Å². The predicted octanol–water partition coefficient (Wildman–Crippen LogP) is 0.280. The van der Waals surface area contributed by atoms with E-state index in [2.05, 4.69) is 21.7 Å². The second-order valence-electron chi connectivity index (χ2n) is 5.50. The molecule has 1 aromatic rings. The Kier molecular flexibility index (Phi) is 6.05. The third-order valence-electron chi connectivity index (χ3n) is 4.06. The highest BCUT2D eigenvalue weighted by Gasteiger charge is 2.20. The number of esters is 1. The van der Waals surface area contributed by atoms with E-state index >= 15 is 0 Å². The van der Waals surface area contributed by atoms with Crippen molar-refractivity contribution in [2.45, 2.75) is 20.4 Å². The van der Waals surface area contributed by atoms with Crippen LogP contribution in [0.25, 0.3) is 0 Å². The number of carbonyl (C=O) groups is 1. The number of likely N-dealkylation sites (N-methyl/N-ethyl adjacent to an activating group) is 1. The molecule has 0 aliphatic carbocycles. The minimum absolute atomic E-state index is 0.0887. The normalized spacial score (nSPS) is 16.4. The van der Waals surface area contributed by atoms with Crippen LogP contribution in [0.4, 0.5) is 5.82 Å². The Labute approximate surface area is 135 Å². The van der Waals surface area contributed by atoms with E-state index < -0.39 is 4.92 Å². The third-order valence-corrected chi connectivity index (χ3v) is 4.06. The molecule has 1 saturated heterocycles. The number of carbonyl (C=O) groups excluding carboxylic acids is 1. The summed E-state index contributed by atoms with van der Waals surface area (Å²) in [5.41, 5.74) is 0. The molecule has 1 fully saturated rings. The first kappa shape index (κ1) is 17.4. The zero-order valence-electron chi connectivity index (χ0n) is 13.6. The molecule has 0 N–H and O–H groups in total. The molecule has 2 heterocycles. The maximum Gasteiger partial charge on any atom is 0.342 e. The second kappa shape index (κ2) is 8.02. The van der Waals surface area contributed by atoms with Crippen LogP contribution >= 0.6 is 0 Å². The van der Waals surface area contributed by atoms with E-state index in [1.165, 1.54) is 10.8 Å². The van der Waals surface area contributed by atoms with E-state index in [1.54, 1.807) is 6.92 Å². The van der Waals surface area contributed by atoms with Gasteiger partial charge in [0.2, 0.25) is 0 Å². The number of nitrogens with zero attached hydrogens (tertiary/aromatic N) is 5. The Bertz CT molecular complexity index is 551. The lowest BCUT2D eigenvalue weighted by molar-refractivity contribution is -0.392. The highest BCUT2D eigenvalue weighted by molar-refractivity contribution is 5.71. The van der Waals surface area contributed by atoms with Crippen LogP contribution in [-0.4, -0.2) is 76.1 Å². The molecule has 0 amide bonds. The summed E-state index contributed by atoms with van der Waals surface area (Å²) in [5.74, 6) is 0.146. The first-order valence-corrected chi connectivity index (χ1v) is 7.78. The quantitative estimate of drug-likeness (QED) is 0.404. The summed E-state index contributed by atoms with van der Waals surface area (Å²) in [5, 5.41) is 10.9. The zero-order chi connectivity index (χ0) is 16.8. The summed E-state index contributed by atoms with van der Waals surface area (Å²) in [7, 11) is 0. The molecule has 0 unspecified atom stereocenters. The Hall–Kier alpha value is -2.00. The summed E-state index contributed by atoms with van der Waals surface area (Å²) < 4.78 is 6.63. The molecule has 1 aliphatic heterocycles. The van der Waals surface area contributed by atoms with Crippen LogP contribution in [0.15, 0.2) is 6.20 Å². The van der Waals surface area contributed by atoms with Crippen molar-refractivity contribution < 1.29 is 14.5 Å². The van der Waals surface area contributed by atoms with Gasteiger partial charge in [-0.25, -0.2) is 9.55 Å². The number of hydrogen-bond donors (Lipinski definition) is 0. The molecular formula is C14H23N5O4. The number of piperazine rings is 1. The molecule has 9 nitrogen and oxygen atoms in total. The molecule has 2 rings (SSSR count). The molecule has 0 atom stereocenters. The van der Waals surface area contributed by atoms with Gasteiger partial charge in [-0.3, -0.25) is 9.69 Å². The van der Waals surface area contributed by atoms with Crippen molar-refractivity contribution in [1.29, 1.82) is 0 Å². The summed E-state index contributed by atoms with van der Waals surface area (Å²) in [6.07, 6.45) is 1.21. The van der Waals surface area contributed by atoms with Gasteiger partial charge in [-0.1, -0.05) is 6.92 Å². The molecule has 9 heteroatoms. The molecule has 0 spiro atoms. The van der Waals surface area contributed by atoms with Crippen LogP contribution in [0.5, 0.6) is 0 Å². The molecule has 1 aliphatic rings. The van der Waals surface area contributed by atoms with Crippen molar-refractivity contribution in [2.24, 2.45) is 0 Å². The Morgan fingerprint density at radius 3 is 2.61 bits per heavy atom. The standard InChI is InChI=1S/C14H23N5O4/c1-3-16-4-6-17(7-5-16)11-14(20)23-9-8-18-12(2)15-10-13(18)19(21)22/h10H,3-9,11H2,1-2H3. The van der Waals surface area contributed by atoms with Gasteiger partial charge in [-0.2, -0.15) is 0 Å². The average Bonchev–Trinajstić information content (AvgIpc) is 2.89. The van der Waals surface area contributed by atoms with E-state index in [1.807, 2.05) is 0 Å². The van der Waals surface area contributed by atoms with E-state index in [-0.39, 0.29) is 31.5 Å². The zero-order valence-corrected chi connectivity index (χ0v) is 13.6. The molecule has 128 valence electrons. The first-order valence-electron chi connectivity index (χ1n) is 7.78. The molecular weight excluding hydrogens is 302 g/mol. The molecule has 0 bridgehead atoms. The number of ether oxygens (including phenoxy) is 1. The summed E-state index contributed by atoms with van der Waals surface area (Å²) in [4.78, 5) is 30.6. The first-order chi connectivity index (χ1) is 11.0. The van der Waals surface area contributed by atoms with Gasteiger partial charge >= 0.3 is 11.8 Å². The average molecular weight is 325 g/mol. The van der Waals surface area contributed by atoms with E-state index in [9.17, 15) is 14.9 Å². The van der Waals surface area contributed by atoms with Gasteiger partial charge in [0, 0.05) is 33.1 Å². The number of rotatable bonds is 7. The highest BCUT2D eigenvalue weighted by atomic mass is 16.6. The van der Waals surface area contributed by atoms with Gasteiger partial charge in [0.1, 0.15) is 19.3 Å². The van der Waals surface area contributed by atoms with Gasteiger partial charge in [-0.05, 0) is 11.5 Å². The maximum atomic E-state index is 11.9. The number of imidazole rings is 1. The molecule has 0 radical (unpaired) electrons. The minimum Gasteiger partial charge on any atom is -0.461 e.